The van der Waals surface area contributed by atoms with E-state index in [9.17, 15) is 14.0 Å². The summed E-state index contributed by atoms with van der Waals surface area (Å²) in [5, 5.41) is 4.64. The number of nitrogens with one attached hydrogen (secondary N) is 1. The van der Waals surface area contributed by atoms with E-state index in [2.05, 4.69) is 29.0 Å². The number of aromatic nitrogens is 1. The molecule has 4 atom stereocenters. The molecule has 5 heterocycles. The minimum atomic E-state index is -0.837. The Morgan fingerprint density at radius 2 is 1.93 bits per heavy atom. The lowest BCUT2D eigenvalue weighted by Gasteiger charge is -2.38. The summed E-state index contributed by atoms with van der Waals surface area (Å²) in [6.45, 7) is 10.3. The van der Waals surface area contributed by atoms with Crippen molar-refractivity contribution in [1.29, 1.82) is 0 Å². The summed E-state index contributed by atoms with van der Waals surface area (Å²) in [5.41, 5.74) is 1.66. The Kier molecular flexibility index (Phi) is 7.74. The smallest absolute Gasteiger partial charge is 0.263 e. The molecule has 4 aliphatic heterocycles. The van der Waals surface area contributed by atoms with Gasteiger partial charge in [-0.25, -0.2) is 14.4 Å². The molecule has 238 valence electrons. The molecule has 1 spiro atoms. The van der Waals surface area contributed by atoms with Crippen LogP contribution in [0.1, 0.15) is 70.5 Å². The number of allylic oxidation sites excluding steroid dienone is 1. The van der Waals surface area contributed by atoms with Crippen LogP contribution >= 0.6 is 35.0 Å². The zero-order chi connectivity index (χ0) is 31.8. The second-order valence-corrected chi connectivity index (χ2v) is 15.2. The Hall–Kier alpha value is -2.66. The molecule has 1 aliphatic carbocycles. The monoisotopic (exact) mass is 670 g/mol. The van der Waals surface area contributed by atoms with E-state index in [1.54, 1.807) is 24.4 Å². The summed E-state index contributed by atoms with van der Waals surface area (Å²) in [6.07, 6.45) is 5.32. The molecule has 1 N–H and O–H groups in total. The van der Waals surface area contributed by atoms with Crippen molar-refractivity contribution in [3.05, 3.63) is 74.3 Å². The van der Waals surface area contributed by atoms with Gasteiger partial charge >= 0.3 is 0 Å². The third-order valence-corrected chi connectivity index (χ3v) is 11.6. The normalized spacial score (nSPS) is 28.8. The van der Waals surface area contributed by atoms with Crippen LogP contribution in [-0.4, -0.2) is 73.9 Å². The molecule has 5 aliphatic rings. The third-order valence-electron chi connectivity index (χ3n) is 10.1. The van der Waals surface area contributed by atoms with Crippen molar-refractivity contribution in [1.82, 2.24) is 25.0 Å². The summed E-state index contributed by atoms with van der Waals surface area (Å²) in [4.78, 5) is 44.7. The third kappa shape index (κ3) is 5.16. The highest BCUT2D eigenvalue weighted by Crippen LogP contribution is 2.56. The highest BCUT2D eigenvalue weighted by molar-refractivity contribution is 8.18. The number of thioether (sulfide) groups is 1. The van der Waals surface area contributed by atoms with Crippen molar-refractivity contribution >= 4 is 51.9 Å². The predicted octanol–water partition coefficient (Wildman–Crippen LogP) is 6.11. The van der Waals surface area contributed by atoms with Gasteiger partial charge in [0.1, 0.15) is 27.5 Å². The number of pyridine rings is 1. The fraction of sp³-hybridized carbons (Fsp3) is 0.515. The minimum Gasteiger partial charge on any atom is -0.338 e. The quantitative estimate of drug-likeness (QED) is 0.387. The molecule has 7 rings (SSSR count). The van der Waals surface area contributed by atoms with Crippen molar-refractivity contribution < 1.29 is 14.0 Å². The molecule has 0 unspecified atom stereocenters. The summed E-state index contributed by atoms with van der Waals surface area (Å²) >= 11 is 13.8. The van der Waals surface area contributed by atoms with Crippen LogP contribution in [0.25, 0.3) is 0 Å². The fourth-order valence-electron chi connectivity index (χ4n) is 7.52. The van der Waals surface area contributed by atoms with Gasteiger partial charge in [0, 0.05) is 48.7 Å². The maximum Gasteiger partial charge on any atom is 0.263 e. The van der Waals surface area contributed by atoms with Gasteiger partial charge < -0.3 is 20.0 Å². The summed E-state index contributed by atoms with van der Waals surface area (Å²) in [6, 6.07) is 7.38. The van der Waals surface area contributed by atoms with Gasteiger partial charge in [-0.3, -0.25) is 9.59 Å². The molecule has 2 aromatic rings. The van der Waals surface area contributed by atoms with E-state index >= 15 is 0 Å². The standard InChI is InChI=1S/C33H37Cl2FN6O2S/c1-18(2)26-27(30(44)41-19(3)5-9-24(41)29(43)40-14-13-38-33(17-40)11-12-33)45-31-39-32(4,21-7-10-25(35)37-16-21)28(42(26)31)20-6-8-23(36)22(34)15-20/h6-8,10,15-16,18-19,24,28,38H,5,9,11-14,17H2,1-4H3/t19-,24-,28-,32+/m1/s1. The number of rotatable bonds is 5. The van der Waals surface area contributed by atoms with Gasteiger partial charge in [0.15, 0.2) is 5.17 Å². The van der Waals surface area contributed by atoms with Crippen LogP contribution in [0.3, 0.4) is 0 Å². The lowest BCUT2D eigenvalue weighted by atomic mass is 9.81. The van der Waals surface area contributed by atoms with Gasteiger partial charge in [-0.15, -0.1) is 0 Å². The van der Waals surface area contributed by atoms with Crippen LogP contribution in [0, 0.1) is 11.7 Å². The molecule has 2 saturated heterocycles. The zero-order valence-corrected chi connectivity index (χ0v) is 28.1. The lowest BCUT2D eigenvalue weighted by molar-refractivity contribution is -0.144. The molecule has 45 heavy (non-hydrogen) atoms. The number of halogens is 3. The van der Waals surface area contributed by atoms with Gasteiger partial charge in [0.2, 0.25) is 5.91 Å². The van der Waals surface area contributed by atoms with Gasteiger partial charge in [-0.05, 0) is 81.0 Å². The molecular formula is C33H37Cl2FN6O2S. The van der Waals surface area contributed by atoms with E-state index in [4.69, 9.17) is 28.2 Å². The summed E-state index contributed by atoms with van der Waals surface area (Å²) in [5.74, 6) is -0.638. The van der Waals surface area contributed by atoms with Crippen molar-refractivity contribution in [2.75, 3.05) is 19.6 Å². The topological polar surface area (TPSA) is 81.1 Å². The summed E-state index contributed by atoms with van der Waals surface area (Å²) < 4.78 is 14.4. The first-order chi connectivity index (χ1) is 21.4. The number of fused-ring (bicyclic) bond motifs is 1. The Labute approximate surface area is 277 Å². The Morgan fingerprint density at radius 3 is 2.60 bits per heavy atom. The van der Waals surface area contributed by atoms with Crippen molar-refractivity contribution in [3.63, 3.8) is 0 Å². The van der Waals surface area contributed by atoms with Gasteiger partial charge in [-0.1, -0.05) is 49.2 Å². The second-order valence-electron chi connectivity index (χ2n) is 13.5. The first-order valence-electron chi connectivity index (χ1n) is 15.7. The number of carbonyl (C=O) groups is 2. The van der Waals surface area contributed by atoms with Gasteiger partial charge in [0.25, 0.3) is 5.91 Å². The van der Waals surface area contributed by atoms with E-state index in [1.807, 2.05) is 29.7 Å². The average Bonchev–Trinajstić information content (AvgIpc) is 3.33. The molecular weight excluding hydrogens is 634 g/mol. The maximum atomic E-state index is 14.6. The number of likely N-dealkylation sites (tertiary alicyclic amines) is 1. The molecule has 1 saturated carbocycles. The van der Waals surface area contributed by atoms with Crippen LogP contribution in [0.4, 0.5) is 4.39 Å². The Morgan fingerprint density at radius 1 is 1.16 bits per heavy atom. The maximum absolute atomic E-state index is 14.6. The zero-order valence-electron chi connectivity index (χ0n) is 25.8. The molecule has 1 aromatic heterocycles. The molecule has 12 heteroatoms. The van der Waals surface area contributed by atoms with Crippen LogP contribution in [0.2, 0.25) is 10.2 Å². The summed E-state index contributed by atoms with van der Waals surface area (Å²) in [7, 11) is 0. The SMILES string of the molecule is CC(C)C1=C(C(=O)N2[C@H](C)CC[C@@H]2C(=O)N2CCNC3(CC3)C2)SC2=N[C@@](C)(c3ccc(Cl)nc3)[C@@H](c3ccc(F)c(Cl)c3)N21. The average molecular weight is 672 g/mol. The molecule has 2 amide bonds. The van der Waals surface area contributed by atoms with Crippen LogP contribution < -0.4 is 5.32 Å². The van der Waals surface area contributed by atoms with E-state index < -0.39 is 23.4 Å². The van der Waals surface area contributed by atoms with Crippen molar-refractivity contribution in [3.8, 4) is 0 Å². The van der Waals surface area contributed by atoms with Crippen LogP contribution in [0.5, 0.6) is 0 Å². The predicted molar refractivity (Wildman–Crippen MR) is 175 cm³/mol. The number of nitrogens with zero attached hydrogens (tertiary/aromatic N) is 5. The van der Waals surface area contributed by atoms with Crippen LogP contribution in [-0.2, 0) is 15.1 Å². The number of hydrogen-bond acceptors (Lipinski definition) is 7. The number of carbonyl (C=O) groups excluding carboxylic acids is 2. The number of piperazine rings is 1. The number of aliphatic imine (C=N–C) groups is 1. The number of hydrogen-bond donors (Lipinski definition) is 1. The van der Waals surface area contributed by atoms with E-state index in [-0.39, 0.29) is 34.3 Å². The Bertz CT molecular complexity index is 1630. The number of amides is 2. The first-order valence-corrected chi connectivity index (χ1v) is 17.2. The molecule has 0 radical (unpaired) electrons. The van der Waals surface area contributed by atoms with E-state index in [1.165, 1.54) is 17.8 Å². The molecule has 0 bridgehead atoms. The van der Waals surface area contributed by atoms with Crippen molar-refractivity contribution in [2.24, 2.45) is 10.9 Å². The van der Waals surface area contributed by atoms with Crippen molar-refractivity contribution in [2.45, 2.75) is 82.6 Å². The van der Waals surface area contributed by atoms with Gasteiger partial charge in [-0.2, -0.15) is 0 Å². The minimum absolute atomic E-state index is 0.0175. The Balaban J connectivity index is 1.27. The van der Waals surface area contributed by atoms with E-state index in [0.29, 0.717) is 34.7 Å². The molecule has 3 fully saturated rings. The molecule has 8 nitrogen and oxygen atoms in total. The first kappa shape index (κ1) is 31.0. The largest absolute Gasteiger partial charge is 0.338 e. The second kappa shape index (κ2) is 11.2. The van der Waals surface area contributed by atoms with Gasteiger partial charge in [0.05, 0.1) is 11.1 Å². The van der Waals surface area contributed by atoms with E-state index in [0.717, 1.165) is 42.6 Å². The highest BCUT2D eigenvalue weighted by atomic mass is 35.5. The number of benzene rings is 1. The lowest BCUT2D eigenvalue weighted by Crippen LogP contribution is -2.58. The van der Waals surface area contributed by atoms with Crippen LogP contribution in [0.15, 0.2) is 52.1 Å². The number of amidine groups is 1. The molecule has 1 aromatic carbocycles. The fourth-order valence-corrected chi connectivity index (χ4v) is 9.17. The highest BCUT2D eigenvalue weighted by Gasteiger charge is 2.55.